The Balaban J connectivity index is 2.03. The van der Waals surface area contributed by atoms with Gasteiger partial charge in [-0.3, -0.25) is 0 Å². The molecule has 2 heterocycles. The molecule has 0 bridgehead atoms. The lowest BCUT2D eigenvalue weighted by Crippen LogP contribution is -2.01. The van der Waals surface area contributed by atoms with Crippen LogP contribution in [-0.4, -0.2) is 16.5 Å². The van der Waals surface area contributed by atoms with Crippen LogP contribution < -0.4 is 5.32 Å². The van der Waals surface area contributed by atoms with E-state index in [0.29, 0.717) is 5.95 Å². The summed E-state index contributed by atoms with van der Waals surface area (Å²) in [7, 11) is 0. The Morgan fingerprint density at radius 2 is 1.94 bits per heavy atom. The molecule has 1 aromatic carbocycles. The first-order valence-corrected chi connectivity index (χ1v) is 5.91. The molecule has 0 atom stereocenters. The fourth-order valence-corrected chi connectivity index (χ4v) is 1.92. The van der Waals surface area contributed by atoms with Gasteiger partial charge < -0.3 is 9.73 Å². The van der Waals surface area contributed by atoms with Gasteiger partial charge in [-0.05, 0) is 13.0 Å². The molecule has 3 aromatic rings. The molecule has 0 aliphatic rings. The second kappa shape index (κ2) is 4.49. The summed E-state index contributed by atoms with van der Waals surface area (Å²) in [5.74, 6) is 0.647. The summed E-state index contributed by atoms with van der Waals surface area (Å²) >= 11 is 0. The number of furan rings is 1. The Morgan fingerprint density at radius 1 is 1.17 bits per heavy atom. The molecule has 0 spiro atoms. The predicted octanol–water partition coefficient (Wildman–Crippen LogP) is 3.32. The normalized spacial score (nSPS) is 10.7. The first-order valence-electron chi connectivity index (χ1n) is 5.91. The quantitative estimate of drug-likeness (QED) is 0.761. The van der Waals surface area contributed by atoms with Crippen LogP contribution in [0.3, 0.4) is 0 Å². The smallest absolute Gasteiger partial charge is 0.222 e. The first-order chi connectivity index (χ1) is 8.88. The van der Waals surface area contributed by atoms with Crippen LogP contribution in [0.25, 0.3) is 22.1 Å². The number of nitrogens with zero attached hydrogens (tertiary/aromatic N) is 2. The Hall–Kier alpha value is -2.36. The van der Waals surface area contributed by atoms with E-state index in [1.165, 1.54) is 0 Å². The van der Waals surface area contributed by atoms with Gasteiger partial charge in [0.2, 0.25) is 5.95 Å². The van der Waals surface area contributed by atoms with E-state index in [-0.39, 0.29) is 0 Å². The standard InChI is InChI=1S/C14H13N3O/c1-2-15-14-16-7-10(8-17-14)12-9-18-13-6-4-3-5-11(12)13/h3-9H,2H2,1H3,(H,15,16,17). The second-order valence-corrected chi connectivity index (χ2v) is 3.97. The van der Waals surface area contributed by atoms with E-state index < -0.39 is 0 Å². The Labute approximate surface area is 105 Å². The predicted molar refractivity (Wildman–Crippen MR) is 71.4 cm³/mol. The first kappa shape index (κ1) is 10.8. The van der Waals surface area contributed by atoms with Gasteiger partial charge in [-0.2, -0.15) is 0 Å². The van der Waals surface area contributed by atoms with Gasteiger partial charge >= 0.3 is 0 Å². The molecular weight excluding hydrogens is 226 g/mol. The molecule has 90 valence electrons. The van der Waals surface area contributed by atoms with Crippen molar-refractivity contribution in [1.29, 1.82) is 0 Å². The number of benzene rings is 1. The number of anilines is 1. The van der Waals surface area contributed by atoms with Crippen molar-refractivity contribution in [3.63, 3.8) is 0 Å². The fourth-order valence-electron chi connectivity index (χ4n) is 1.92. The average Bonchev–Trinajstić information content (AvgIpc) is 2.84. The largest absolute Gasteiger partial charge is 0.464 e. The third-order valence-corrected chi connectivity index (χ3v) is 2.78. The monoisotopic (exact) mass is 239 g/mol. The molecule has 0 aliphatic heterocycles. The zero-order chi connectivity index (χ0) is 12.4. The van der Waals surface area contributed by atoms with E-state index in [4.69, 9.17) is 4.42 Å². The molecule has 2 aromatic heterocycles. The van der Waals surface area contributed by atoms with Gasteiger partial charge in [0.15, 0.2) is 0 Å². The minimum absolute atomic E-state index is 0.647. The zero-order valence-corrected chi connectivity index (χ0v) is 10.1. The van der Waals surface area contributed by atoms with Crippen molar-refractivity contribution in [2.24, 2.45) is 0 Å². The lowest BCUT2D eigenvalue weighted by Gasteiger charge is -2.01. The van der Waals surface area contributed by atoms with Gasteiger partial charge in [-0.25, -0.2) is 9.97 Å². The highest BCUT2D eigenvalue weighted by Gasteiger charge is 2.08. The number of para-hydroxylation sites is 1. The average molecular weight is 239 g/mol. The van der Waals surface area contributed by atoms with Crippen LogP contribution in [0.5, 0.6) is 0 Å². The number of nitrogens with one attached hydrogen (secondary N) is 1. The summed E-state index contributed by atoms with van der Waals surface area (Å²) in [6.45, 7) is 2.83. The maximum Gasteiger partial charge on any atom is 0.222 e. The van der Waals surface area contributed by atoms with Gasteiger partial charge in [0.1, 0.15) is 5.58 Å². The molecule has 0 fully saturated rings. The molecule has 0 saturated heterocycles. The van der Waals surface area contributed by atoms with E-state index in [2.05, 4.69) is 15.3 Å². The molecule has 0 aliphatic carbocycles. The van der Waals surface area contributed by atoms with Crippen molar-refractivity contribution in [1.82, 2.24) is 9.97 Å². The highest BCUT2D eigenvalue weighted by Crippen LogP contribution is 2.29. The summed E-state index contributed by atoms with van der Waals surface area (Å²) in [6.07, 6.45) is 5.36. The summed E-state index contributed by atoms with van der Waals surface area (Å²) < 4.78 is 5.51. The van der Waals surface area contributed by atoms with E-state index in [9.17, 15) is 0 Å². The number of rotatable bonds is 3. The fraction of sp³-hybridized carbons (Fsp3) is 0.143. The van der Waals surface area contributed by atoms with Crippen molar-refractivity contribution in [2.75, 3.05) is 11.9 Å². The molecule has 18 heavy (non-hydrogen) atoms. The van der Waals surface area contributed by atoms with E-state index in [1.54, 1.807) is 6.26 Å². The number of aromatic nitrogens is 2. The van der Waals surface area contributed by atoms with Crippen molar-refractivity contribution >= 4 is 16.9 Å². The number of hydrogen-bond donors (Lipinski definition) is 1. The summed E-state index contributed by atoms with van der Waals surface area (Å²) in [5.41, 5.74) is 2.86. The van der Waals surface area contributed by atoms with Gasteiger partial charge in [0, 0.05) is 35.5 Å². The Kier molecular flexibility index (Phi) is 2.68. The number of fused-ring (bicyclic) bond motifs is 1. The summed E-state index contributed by atoms with van der Waals surface area (Å²) in [5, 5.41) is 4.15. The molecule has 0 radical (unpaired) electrons. The Morgan fingerprint density at radius 3 is 2.72 bits per heavy atom. The molecule has 3 rings (SSSR count). The summed E-state index contributed by atoms with van der Waals surface area (Å²) in [6, 6.07) is 7.94. The van der Waals surface area contributed by atoms with Crippen LogP contribution in [0.4, 0.5) is 5.95 Å². The molecule has 4 heteroatoms. The maximum atomic E-state index is 5.51. The van der Waals surface area contributed by atoms with Gasteiger partial charge in [-0.1, -0.05) is 18.2 Å². The van der Waals surface area contributed by atoms with Crippen molar-refractivity contribution in [3.05, 3.63) is 42.9 Å². The molecule has 1 N–H and O–H groups in total. The molecule has 0 saturated carbocycles. The van der Waals surface area contributed by atoms with Crippen molar-refractivity contribution in [2.45, 2.75) is 6.92 Å². The molecule has 0 amide bonds. The van der Waals surface area contributed by atoms with Crippen LogP contribution in [0.1, 0.15) is 6.92 Å². The van der Waals surface area contributed by atoms with Crippen LogP contribution >= 0.6 is 0 Å². The molecule has 0 unspecified atom stereocenters. The maximum absolute atomic E-state index is 5.51. The van der Waals surface area contributed by atoms with Crippen LogP contribution in [0.15, 0.2) is 47.3 Å². The van der Waals surface area contributed by atoms with Crippen molar-refractivity contribution < 1.29 is 4.42 Å². The minimum Gasteiger partial charge on any atom is -0.464 e. The van der Waals surface area contributed by atoms with Gasteiger partial charge in [0.25, 0.3) is 0 Å². The van der Waals surface area contributed by atoms with Gasteiger partial charge in [-0.15, -0.1) is 0 Å². The highest BCUT2D eigenvalue weighted by atomic mass is 16.3. The lowest BCUT2D eigenvalue weighted by molar-refractivity contribution is 0.617. The highest BCUT2D eigenvalue weighted by molar-refractivity contribution is 5.93. The minimum atomic E-state index is 0.647. The van der Waals surface area contributed by atoms with Crippen LogP contribution in [0.2, 0.25) is 0 Å². The third kappa shape index (κ3) is 1.82. The van der Waals surface area contributed by atoms with E-state index in [0.717, 1.165) is 28.6 Å². The summed E-state index contributed by atoms with van der Waals surface area (Å²) in [4.78, 5) is 8.53. The Bertz CT molecular complexity index is 658. The molecular formula is C14H13N3O. The molecule has 4 nitrogen and oxygen atoms in total. The lowest BCUT2D eigenvalue weighted by atomic mass is 10.1. The van der Waals surface area contributed by atoms with Gasteiger partial charge in [0.05, 0.1) is 6.26 Å². The van der Waals surface area contributed by atoms with E-state index in [1.807, 2.05) is 43.6 Å². The topological polar surface area (TPSA) is 51.0 Å². The third-order valence-electron chi connectivity index (χ3n) is 2.78. The second-order valence-electron chi connectivity index (χ2n) is 3.97. The van der Waals surface area contributed by atoms with Crippen molar-refractivity contribution in [3.8, 4) is 11.1 Å². The van der Waals surface area contributed by atoms with Crippen LogP contribution in [-0.2, 0) is 0 Å². The van der Waals surface area contributed by atoms with Crippen LogP contribution in [0, 0.1) is 0 Å². The SMILES string of the molecule is CCNc1ncc(-c2coc3ccccc23)cn1. The number of hydrogen-bond acceptors (Lipinski definition) is 4. The van der Waals surface area contributed by atoms with E-state index >= 15 is 0 Å². The zero-order valence-electron chi connectivity index (χ0n) is 10.1.